The average molecular weight is 384 g/mol. The predicted molar refractivity (Wildman–Crippen MR) is 112 cm³/mol. The molecule has 1 unspecified atom stereocenters. The Morgan fingerprint density at radius 3 is 2.55 bits per heavy atom. The van der Waals surface area contributed by atoms with Gasteiger partial charge in [0.05, 0.1) is 11.6 Å². The number of allylic oxidation sites excluding steroid dienone is 2. The molecule has 1 heterocycles. The molecule has 0 amide bonds. The molecular formula is C24H24N4O. The van der Waals surface area contributed by atoms with E-state index >= 15 is 0 Å². The summed E-state index contributed by atoms with van der Waals surface area (Å²) in [7, 11) is 1.83. The number of guanidine groups is 1. The highest BCUT2D eigenvalue weighted by Gasteiger charge is 2.62. The van der Waals surface area contributed by atoms with E-state index in [-0.39, 0.29) is 5.41 Å². The molecule has 2 aromatic rings. The summed E-state index contributed by atoms with van der Waals surface area (Å²) in [6.45, 7) is 0. The van der Waals surface area contributed by atoms with E-state index in [2.05, 4.69) is 36.4 Å². The van der Waals surface area contributed by atoms with Crippen LogP contribution in [0.2, 0.25) is 0 Å². The Kier molecular flexibility index (Phi) is 4.01. The Balaban J connectivity index is 1.67. The van der Waals surface area contributed by atoms with E-state index in [0.29, 0.717) is 11.5 Å². The van der Waals surface area contributed by atoms with Crippen LogP contribution in [0.25, 0.3) is 11.1 Å². The minimum atomic E-state index is -0.782. The molecule has 3 aliphatic rings. The number of nitrogens with two attached hydrogens (primary N) is 1. The fourth-order valence-corrected chi connectivity index (χ4v) is 5.18. The van der Waals surface area contributed by atoms with E-state index in [0.717, 1.165) is 48.8 Å². The fourth-order valence-electron chi connectivity index (χ4n) is 5.18. The van der Waals surface area contributed by atoms with Gasteiger partial charge in [-0.25, -0.2) is 14.9 Å². The number of nitriles is 1. The highest BCUT2D eigenvalue weighted by Crippen LogP contribution is 2.61. The van der Waals surface area contributed by atoms with E-state index in [1.54, 1.807) is 5.06 Å². The van der Waals surface area contributed by atoms with Crippen LogP contribution in [0.15, 0.2) is 59.6 Å². The largest absolute Gasteiger partial charge is 0.368 e. The molecular weight excluding hydrogens is 360 g/mol. The molecule has 0 fully saturated rings. The number of nitrogens with zero attached hydrogens (tertiary/aromatic N) is 3. The van der Waals surface area contributed by atoms with Crippen molar-refractivity contribution in [1.82, 2.24) is 5.06 Å². The Hall–Kier alpha value is -3.10. The van der Waals surface area contributed by atoms with Crippen molar-refractivity contribution >= 4 is 5.96 Å². The maximum Gasteiger partial charge on any atom is 0.220 e. The fraction of sp³-hybridized carbons (Fsp3) is 0.333. The van der Waals surface area contributed by atoms with Crippen molar-refractivity contribution in [3.8, 4) is 17.2 Å². The maximum absolute atomic E-state index is 9.27. The maximum atomic E-state index is 9.27. The Labute approximate surface area is 171 Å². The van der Waals surface area contributed by atoms with Crippen LogP contribution in [0.5, 0.6) is 0 Å². The summed E-state index contributed by atoms with van der Waals surface area (Å²) >= 11 is 0. The summed E-state index contributed by atoms with van der Waals surface area (Å²) in [5, 5.41) is 10.9. The molecule has 1 atom stereocenters. The lowest BCUT2D eigenvalue weighted by atomic mass is 9.72. The summed E-state index contributed by atoms with van der Waals surface area (Å²) in [6.07, 6.45) is 9.56. The van der Waals surface area contributed by atoms with Crippen LogP contribution < -0.4 is 5.73 Å². The third-order valence-electron chi connectivity index (χ3n) is 6.66. The molecule has 0 bridgehead atoms. The zero-order chi connectivity index (χ0) is 20.1. The van der Waals surface area contributed by atoms with Crippen LogP contribution in [-0.2, 0) is 17.0 Å². The van der Waals surface area contributed by atoms with E-state index in [1.165, 1.54) is 5.56 Å². The molecule has 2 aliphatic carbocycles. The highest BCUT2D eigenvalue weighted by atomic mass is 16.7. The molecule has 2 spiro atoms. The van der Waals surface area contributed by atoms with E-state index in [9.17, 15) is 5.26 Å². The van der Waals surface area contributed by atoms with Gasteiger partial charge in [0.15, 0.2) is 0 Å². The smallest absolute Gasteiger partial charge is 0.220 e. The van der Waals surface area contributed by atoms with Gasteiger partial charge in [0.25, 0.3) is 0 Å². The SMILES string of the molecule is CN1OC2(N=C1N)c1cc(-c3cccc(C#N)c3)ccc1CC21CCC=CCC1. The molecule has 29 heavy (non-hydrogen) atoms. The summed E-state index contributed by atoms with van der Waals surface area (Å²) in [5.41, 5.74) is 10.4. The van der Waals surface area contributed by atoms with Crippen molar-refractivity contribution in [2.75, 3.05) is 7.05 Å². The first-order chi connectivity index (χ1) is 14.1. The van der Waals surface area contributed by atoms with Crippen molar-refractivity contribution < 1.29 is 4.84 Å². The lowest BCUT2D eigenvalue weighted by Gasteiger charge is -2.40. The first-order valence-electron chi connectivity index (χ1n) is 10.1. The molecule has 5 rings (SSSR count). The molecule has 2 N–H and O–H groups in total. The van der Waals surface area contributed by atoms with Gasteiger partial charge in [0, 0.05) is 18.0 Å². The molecule has 1 aliphatic heterocycles. The zero-order valence-corrected chi connectivity index (χ0v) is 16.6. The third-order valence-corrected chi connectivity index (χ3v) is 6.66. The van der Waals surface area contributed by atoms with Gasteiger partial charge in [-0.2, -0.15) is 5.26 Å². The van der Waals surface area contributed by atoms with Gasteiger partial charge >= 0.3 is 0 Å². The molecule has 0 radical (unpaired) electrons. The van der Waals surface area contributed by atoms with Crippen LogP contribution in [0.1, 0.15) is 42.4 Å². The first kappa shape index (κ1) is 18.0. The highest BCUT2D eigenvalue weighted by molar-refractivity contribution is 5.79. The number of benzene rings is 2. The van der Waals surface area contributed by atoms with Crippen molar-refractivity contribution in [3.05, 3.63) is 71.3 Å². The van der Waals surface area contributed by atoms with Crippen molar-refractivity contribution in [3.63, 3.8) is 0 Å². The molecule has 0 saturated carbocycles. The summed E-state index contributed by atoms with van der Waals surface area (Å²) in [5.74, 6) is 0.423. The van der Waals surface area contributed by atoms with Crippen LogP contribution >= 0.6 is 0 Å². The second-order valence-electron chi connectivity index (χ2n) is 8.27. The van der Waals surface area contributed by atoms with Gasteiger partial charge in [-0.1, -0.05) is 36.4 Å². The summed E-state index contributed by atoms with van der Waals surface area (Å²) in [4.78, 5) is 11.4. The Bertz CT molecular complexity index is 1070. The van der Waals surface area contributed by atoms with Crippen LogP contribution in [-0.4, -0.2) is 18.1 Å². The monoisotopic (exact) mass is 384 g/mol. The zero-order valence-electron chi connectivity index (χ0n) is 16.6. The topological polar surface area (TPSA) is 74.6 Å². The standard InChI is InChI=1S/C24H24N4O/c1-28-22(26)27-24(29-28)21-14-19(18-8-6-7-17(13-18)16-25)9-10-20(21)15-23(24)11-4-2-3-5-12-23/h2-3,6-10,13-14H,4-5,11-12,15H2,1H3,(H2,26,27). The number of hydrogen-bond acceptors (Lipinski definition) is 5. The van der Waals surface area contributed by atoms with Gasteiger partial charge in [0.2, 0.25) is 11.7 Å². The summed E-state index contributed by atoms with van der Waals surface area (Å²) < 4.78 is 0. The molecule has 2 aromatic carbocycles. The second-order valence-corrected chi connectivity index (χ2v) is 8.27. The normalized spacial score (nSPS) is 24.4. The Morgan fingerprint density at radius 2 is 1.86 bits per heavy atom. The van der Waals surface area contributed by atoms with Gasteiger partial charge in [-0.15, -0.1) is 0 Å². The van der Waals surface area contributed by atoms with Gasteiger partial charge in [-0.05, 0) is 67.0 Å². The number of hydrogen-bond donors (Lipinski definition) is 1. The quantitative estimate of drug-likeness (QED) is 0.746. The third kappa shape index (κ3) is 2.60. The van der Waals surface area contributed by atoms with Gasteiger partial charge < -0.3 is 5.73 Å². The first-order valence-corrected chi connectivity index (χ1v) is 10.1. The van der Waals surface area contributed by atoms with E-state index < -0.39 is 5.72 Å². The van der Waals surface area contributed by atoms with Crippen molar-refractivity contribution in [1.29, 1.82) is 5.26 Å². The minimum Gasteiger partial charge on any atom is -0.368 e. The van der Waals surface area contributed by atoms with Crippen LogP contribution in [0, 0.1) is 16.7 Å². The van der Waals surface area contributed by atoms with Crippen LogP contribution in [0.4, 0.5) is 0 Å². The molecule has 0 aromatic heterocycles. The lowest BCUT2D eigenvalue weighted by molar-refractivity contribution is -0.224. The molecule has 146 valence electrons. The van der Waals surface area contributed by atoms with Gasteiger partial charge in [0.1, 0.15) is 0 Å². The number of aliphatic imine (C=N–C) groups is 1. The molecule has 5 nitrogen and oxygen atoms in total. The number of hydroxylamine groups is 2. The van der Waals surface area contributed by atoms with Crippen molar-refractivity contribution in [2.24, 2.45) is 16.1 Å². The molecule has 0 saturated heterocycles. The summed E-state index contributed by atoms with van der Waals surface area (Å²) in [6, 6.07) is 16.5. The predicted octanol–water partition coefficient (Wildman–Crippen LogP) is 4.24. The van der Waals surface area contributed by atoms with Crippen LogP contribution in [0.3, 0.4) is 0 Å². The van der Waals surface area contributed by atoms with Gasteiger partial charge in [-0.3, -0.25) is 0 Å². The second kappa shape index (κ2) is 6.47. The minimum absolute atomic E-state index is 0.110. The molecule has 5 heteroatoms. The lowest BCUT2D eigenvalue weighted by Crippen LogP contribution is -2.43. The van der Waals surface area contributed by atoms with E-state index in [1.807, 2.05) is 31.3 Å². The number of fused-ring (bicyclic) bond motifs is 3. The van der Waals surface area contributed by atoms with E-state index in [4.69, 9.17) is 15.6 Å². The average Bonchev–Trinajstić information content (AvgIpc) is 3.04. The van der Waals surface area contributed by atoms with Crippen molar-refractivity contribution in [2.45, 2.75) is 37.8 Å². The Morgan fingerprint density at radius 1 is 1.10 bits per heavy atom. The number of rotatable bonds is 1.